The number of amides is 1. The van der Waals surface area contributed by atoms with E-state index in [-0.39, 0.29) is 17.6 Å². The summed E-state index contributed by atoms with van der Waals surface area (Å²) in [7, 11) is 7.18. The lowest BCUT2D eigenvalue weighted by molar-refractivity contribution is 0.168. The Morgan fingerprint density at radius 2 is 1.81 bits per heavy atom. The number of anilines is 1. The van der Waals surface area contributed by atoms with Gasteiger partial charge in [-0.15, -0.1) is 0 Å². The van der Waals surface area contributed by atoms with Crippen LogP contribution < -0.4 is 14.4 Å². The largest absolute Gasteiger partial charge is 0.493 e. The molecule has 0 saturated carbocycles. The van der Waals surface area contributed by atoms with Crippen LogP contribution in [0, 0.1) is 0 Å². The fourth-order valence-electron chi connectivity index (χ4n) is 4.88. The number of fused-ring (bicyclic) bond motifs is 1. The standard InChI is InChI=1S/C25H30N2O4/c1-26-15-14-25(18-10-11-21(29-3)22(16-18)30-4)13-12-20(17-23(25)26)31-24(28)27(2)19-8-6-5-7-9-19/h5-11,16-17,23H,12-15H2,1-4H3. The van der Waals surface area contributed by atoms with E-state index in [1.54, 1.807) is 21.3 Å². The van der Waals surface area contributed by atoms with Gasteiger partial charge in [0, 0.05) is 30.6 Å². The van der Waals surface area contributed by atoms with Crippen LogP contribution in [0.4, 0.5) is 10.5 Å². The Hall–Kier alpha value is -2.99. The van der Waals surface area contributed by atoms with E-state index in [0.29, 0.717) is 6.42 Å². The second-order valence-corrected chi connectivity index (χ2v) is 8.30. The van der Waals surface area contributed by atoms with Gasteiger partial charge in [-0.3, -0.25) is 9.80 Å². The van der Waals surface area contributed by atoms with Gasteiger partial charge in [0.15, 0.2) is 11.5 Å². The van der Waals surface area contributed by atoms with Gasteiger partial charge in [-0.2, -0.15) is 0 Å². The molecule has 164 valence electrons. The molecular weight excluding hydrogens is 392 g/mol. The van der Waals surface area contributed by atoms with Gasteiger partial charge in [0.1, 0.15) is 5.76 Å². The van der Waals surface area contributed by atoms with Crippen molar-refractivity contribution in [3.63, 3.8) is 0 Å². The number of carbonyl (C=O) groups is 1. The minimum Gasteiger partial charge on any atom is -0.493 e. The van der Waals surface area contributed by atoms with Crippen LogP contribution in [0.1, 0.15) is 24.8 Å². The molecule has 1 aliphatic carbocycles. The summed E-state index contributed by atoms with van der Waals surface area (Å²) < 4.78 is 16.8. The van der Waals surface area contributed by atoms with Gasteiger partial charge in [0.2, 0.25) is 0 Å². The maximum atomic E-state index is 12.7. The molecule has 2 unspecified atom stereocenters. The van der Waals surface area contributed by atoms with E-state index in [4.69, 9.17) is 14.2 Å². The third-order valence-electron chi connectivity index (χ3n) is 6.71. The predicted molar refractivity (Wildman–Crippen MR) is 121 cm³/mol. The summed E-state index contributed by atoms with van der Waals surface area (Å²) in [6, 6.07) is 15.9. The number of likely N-dealkylation sites (tertiary alicyclic amines) is 1. The molecule has 2 aromatic carbocycles. The van der Waals surface area contributed by atoms with E-state index in [9.17, 15) is 4.79 Å². The highest BCUT2D eigenvalue weighted by Crippen LogP contribution is 2.49. The Morgan fingerprint density at radius 1 is 1.06 bits per heavy atom. The molecule has 1 saturated heterocycles. The van der Waals surface area contributed by atoms with Gasteiger partial charge in [-0.05, 0) is 62.3 Å². The fourth-order valence-corrected chi connectivity index (χ4v) is 4.88. The Bertz CT molecular complexity index is 975. The molecule has 4 rings (SSSR count). The lowest BCUT2D eigenvalue weighted by Crippen LogP contribution is -2.43. The zero-order valence-electron chi connectivity index (χ0n) is 18.6. The molecule has 6 heteroatoms. The van der Waals surface area contributed by atoms with Crippen LogP contribution in [0.25, 0.3) is 0 Å². The lowest BCUT2D eigenvalue weighted by atomic mass is 9.68. The summed E-state index contributed by atoms with van der Waals surface area (Å²) in [5.74, 6) is 2.21. The fraction of sp³-hybridized carbons (Fsp3) is 0.400. The number of nitrogens with zero attached hydrogens (tertiary/aromatic N) is 2. The summed E-state index contributed by atoms with van der Waals surface area (Å²) in [5, 5.41) is 0. The van der Waals surface area contributed by atoms with E-state index >= 15 is 0 Å². The average molecular weight is 423 g/mol. The van der Waals surface area contributed by atoms with Crippen LogP contribution in [0.15, 0.2) is 60.4 Å². The zero-order valence-corrected chi connectivity index (χ0v) is 18.6. The van der Waals surface area contributed by atoms with Crippen molar-refractivity contribution < 1.29 is 19.0 Å². The van der Waals surface area contributed by atoms with Gasteiger partial charge in [0.05, 0.1) is 14.2 Å². The molecule has 0 bridgehead atoms. The minimum atomic E-state index is -0.364. The maximum Gasteiger partial charge on any atom is 0.419 e. The molecule has 1 aliphatic heterocycles. The molecule has 31 heavy (non-hydrogen) atoms. The van der Waals surface area contributed by atoms with E-state index in [1.807, 2.05) is 36.4 Å². The molecular formula is C25H30N2O4. The third-order valence-corrected chi connectivity index (χ3v) is 6.71. The topological polar surface area (TPSA) is 51.2 Å². The first-order valence-electron chi connectivity index (χ1n) is 10.6. The summed E-state index contributed by atoms with van der Waals surface area (Å²) in [5.41, 5.74) is 2.01. The zero-order chi connectivity index (χ0) is 22.0. The predicted octanol–water partition coefficient (Wildman–Crippen LogP) is 4.60. The van der Waals surface area contributed by atoms with Crippen LogP contribution >= 0.6 is 0 Å². The number of likely N-dealkylation sites (N-methyl/N-ethyl adjacent to an activating group) is 1. The highest BCUT2D eigenvalue weighted by molar-refractivity contribution is 5.87. The maximum absolute atomic E-state index is 12.7. The SMILES string of the molecule is COc1ccc(C23CCC(OC(=O)N(C)c4ccccc4)=CC2N(C)CC3)cc1OC. The second-order valence-electron chi connectivity index (χ2n) is 8.30. The highest BCUT2D eigenvalue weighted by Gasteiger charge is 2.48. The van der Waals surface area contributed by atoms with E-state index in [0.717, 1.165) is 42.3 Å². The van der Waals surface area contributed by atoms with Crippen molar-refractivity contribution >= 4 is 11.8 Å². The molecule has 0 radical (unpaired) electrons. The normalized spacial score (nSPS) is 23.0. The Labute approximate surface area is 184 Å². The third kappa shape index (κ3) is 3.88. The van der Waals surface area contributed by atoms with Crippen LogP contribution in [0.2, 0.25) is 0 Å². The number of methoxy groups -OCH3 is 2. The van der Waals surface area contributed by atoms with E-state index in [1.165, 1.54) is 10.5 Å². The highest BCUT2D eigenvalue weighted by atomic mass is 16.6. The molecule has 1 fully saturated rings. The lowest BCUT2D eigenvalue weighted by Gasteiger charge is -2.40. The van der Waals surface area contributed by atoms with Crippen molar-refractivity contribution in [3.8, 4) is 11.5 Å². The number of ether oxygens (including phenoxy) is 3. The smallest absolute Gasteiger partial charge is 0.419 e. The quantitative estimate of drug-likeness (QED) is 0.705. The summed E-state index contributed by atoms with van der Waals surface area (Å²) in [6.07, 6.45) is 4.44. The molecule has 0 aromatic heterocycles. The molecule has 1 heterocycles. The van der Waals surface area contributed by atoms with Gasteiger partial charge >= 0.3 is 6.09 Å². The number of hydrogen-bond acceptors (Lipinski definition) is 5. The second kappa shape index (κ2) is 8.63. The molecule has 2 aromatic rings. The first-order valence-corrected chi connectivity index (χ1v) is 10.6. The van der Waals surface area contributed by atoms with Crippen molar-refractivity contribution in [1.29, 1.82) is 0 Å². The van der Waals surface area contributed by atoms with Crippen molar-refractivity contribution in [2.75, 3.05) is 39.8 Å². The van der Waals surface area contributed by atoms with Crippen LogP contribution in [0.3, 0.4) is 0 Å². The number of rotatable bonds is 5. The first kappa shape index (κ1) is 21.2. The van der Waals surface area contributed by atoms with Crippen molar-refractivity contribution in [2.45, 2.75) is 30.7 Å². The molecule has 0 N–H and O–H groups in total. The number of carbonyl (C=O) groups excluding carboxylic acids is 1. The van der Waals surface area contributed by atoms with Crippen LogP contribution in [-0.4, -0.2) is 51.9 Å². The van der Waals surface area contributed by atoms with E-state index in [2.05, 4.69) is 30.2 Å². The number of allylic oxidation sites excluding steroid dienone is 1. The number of benzene rings is 2. The first-order chi connectivity index (χ1) is 15.0. The van der Waals surface area contributed by atoms with Gasteiger partial charge < -0.3 is 14.2 Å². The average Bonchev–Trinajstić information content (AvgIpc) is 3.15. The molecule has 6 nitrogen and oxygen atoms in total. The molecule has 2 aliphatic rings. The monoisotopic (exact) mass is 422 g/mol. The van der Waals surface area contributed by atoms with Gasteiger partial charge in [-0.1, -0.05) is 24.3 Å². The summed E-state index contributed by atoms with van der Waals surface area (Å²) >= 11 is 0. The summed E-state index contributed by atoms with van der Waals surface area (Å²) in [6.45, 7) is 0.987. The Balaban J connectivity index is 1.58. The molecule has 2 atom stereocenters. The van der Waals surface area contributed by atoms with Gasteiger partial charge in [-0.25, -0.2) is 4.79 Å². The molecule has 0 spiro atoms. The Kier molecular flexibility index (Phi) is 5.92. The van der Waals surface area contributed by atoms with E-state index < -0.39 is 0 Å². The van der Waals surface area contributed by atoms with Crippen molar-refractivity contribution in [2.24, 2.45) is 0 Å². The van der Waals surface area contributed by atoms with Crippen LogP contribution in [0.5, 0.6) is 11.5 Å². The number of hydrogen-bond donors (Lipinski definition) is 0. The molecule has 1 amide bonds. The summed E-state index contributed by atoms with van der Waals surface area (Å²) in [4.78, 5) is 16.6. The minimum absolute atomic E-state index is 0.0322. The van der Waals surface area contributed by atoms with Crippen molar-refractivity contribution in [3.05, 3.63) is 65.9 Å². The number of para-hydroxylation sites is 1. The van der Waals surface area contributed by atoms with Gasteiger partial charge in [0.25, 0.3) is 0 Å². The van der Waals surface area contributed by atoms with Crippen molar-refractivity contribution in [1.82, 2.24) is 4.90 Å². The Morgan fingerprint density at radius 3 is 2.52 bits per heavy atom. The van der Waals surface area contributed by atoms with Crippen LogP contribution in [-0.2, 0) is 10.2 Å².